The fourth-order valence-electron chi connectivity index (χ4n) is 3.37. The van der Waals surface area contributed by atoms with Crippen LogP contribution in [0.25, 0.3) is 0 Å². The van der Waals surface area contributed by atoms with Gasteiger partial charge in [0.1, 0.15) is 5.82 Å². The van der Waals surface area contributed by atoms with Gasteiger partial charge in [-0.3, -0.25) is 15.0 Å². The van der Waals surface area contributed by atoms with Gasteiger partial charge in [-0.2, -0.15) is 0 Å². The van der Waals surface area contributed by atoms with Crippen LogP contribution >= 0.6 is 37.2 Å². The molecule has 10 heteroatoms. The zero-order valence-corrected chi connectivity index (χ0v) is 19.9. The molecule has 0 saturated carbocycles. The van der Waals surface area contributed by atoms with E-state index in [1.54, 1.807) is 6.92 Å². The predicted molar refractivity (Wildman–Crippen MR) is 130 cm³/mol. The summed E-state index contributed by atoms with van der Waals surface area (Å²) in [5.74, 6) is 6.04. The molecule has 1 aliphatic rings. The number of nitrogens with two attached hydrogens (primary N) is 1. The van der Waals surface area contributed by atoms with Crippen molar-refractivity contribution in [3.63, 3.8) is 0 Å². The summed E-state index contributed by atoms with van der Waals surface area (Å²) in [6.45, 7) is 4.74. The molecule has 1 aromatic heterocycles. The maximum Gasteiger partial charge on any atom is 0.238 e. The molecule has 7 nitrogen and oxygen atoms in total. The van der Waals surface area contributed by atoms with E-state index in [1.165, 1.54) is 5.56 Å². The number of benzene rings is 1. The number of nitrogens with one attached hydrogen (secondary N) is 1. The van der Waals surface area contributed by atoms with Crippen molar-refractivity contribution in [2.24, 2.45) is 5.84 Å². The number of hydrogen-bond donors (Lipinski definition) is 2. The minimum Gasteiger partial charge on any atom is -0.353 e. The molecule has 0 radical (unpaired) electrons. The SMILES string of the molecule is CC(=O)N1CCN(c2cccc(CCc3ccc(CC(=O)NN)cc3)n2)CC1.Cl.Cl.Cl. The van der Waals surface area contributed by atoms with Crippen LogP contribution in [0, 0.1) is 0 Å². The molecule has 1 saturated heterocycles. The highest BCUT2D eigenvalue weighted by molar-refractivity contribution is 5.86. The van der Waals surface area contributed by atoms with Crippen molar-refractivity contribution in [3.8, 4) is 0 Å². The lowest BCUT2D eigenvalue weighted by Gasteiger charge is -2.35. The van der Waals surface area contributed by atoms with E-state index in [1.807, 2.05) is 41.3 Å². The van der Waals surface area contributed by atoms with E-state index in [-0.39, 0.29) is 55.5 Å². The first-order valence-electron chi connectivity index (χ1n) is 9.59. The summed E-state index contributed by atoms with van der Waals surface area (Å²) in [7, 11) is 0. The van der Waals surface area contributed by atoms with Crippen LogP contribution in [-0.4, -0.2) is 47.9 Å². The Morgan fingerprint density at radius 1 is 0.935 bits per heavy atom. The normalized spacial score (nSPS) is 12.7. The van der Waals surface area contributed by atoms with Crippen LogP contribution in [0.15, 0.2) is 42.5 Å². The Bertz CT molecular complexity index is 828. The minimum atomic E-state index is -0.196. The van der Waals surface area contributed by atoms with Crippen LogP contribution in [0.3, 0.4) is 0 Å². The number of amides is 2. The number of aryl methyl sites for hydroxylation is 2. The lowest BCUT2D eigenvalue weighted by Crippen LogP contribution is -2.48. The zero-order valence-electron chi connectivity index (χ0n) is 17.5. The molecular formula is C21H30Cl3N5O2. The van der Waals surface area contributed by atoms with Gasteiger partial charge in [0.2, 0.25) is 11.8 Å². The van der Waals surface area contributed by atoms with Gasteiger partial charge in [-0.25, -0.2) is 10.8 Å². The molecule has 0 atom stereocenters. The van der Waals surface area contributed by atoms with E-state index in [4.69, 9.17) is 10.8 Å². The van der Waals surface area contributed by atoms with Crippen molar-refractivity contribution in [3.05, 3.63) is 59.3 Å². The second kappa shape index (κ2) is 14.1. The van der Waals surface area contributed by atoms with E-state index < -0.39 is 0 Å². The number of anilines is 1. The number of hydrazine groups is 1. The predicted octanol–water partition coefficient (Wildman–Crippen LogP) is 2.33. The van der Waals surface area contributed by atoms with Gasteiger partial charge in [-0.05, 0) is 36.1 Å². The average Bonchev–Trinajstić information content (AvgIpc) is 2.73. The fraction of sp³-hybridized carbons (Fsp3) is 0.381. The molecule has 2 aromatic rings. The number of halogens is 3. The van der Waals surface area contributed by atoms with E-state index >= 15 is 0 Å². The number of carbonyl (C=O) groups excluding carboxylic acids is 2. The quantitative estimate of drug-likeness (QED) is 0.368. The lowest BCUT2D eigenvalue weighted by molar-refractivity contribution is -0.129. The minimum absolute atomic E-state index is 0. The highest BCUT2D eigenvalue weighted by Gasteiger charge is 2.19. The van der Waals surface area contributed by atoms with Gasteiger partial charge < -0.3 is 9.80 Å². The van der Waals surface area contributed by atoms with E-state index in [0.717, 1.165) is 56.1 Å². The number of hydrogen-bond acceptors (Lipinski definition) is 5. The van der Waals surface area contributed by atoms with Crippen molar-refractivity contribution in [2.45, 2.75) is 26.2 Å². The zero-order chi connectivity index (χ0) is 19.9. The highest BCUT2D eigenvalue weighted by atomic mass is 35.5. The monoisotopic (exact) mass is 489 g/mol. The number of carbonyl (C=O) groups is 2. The molecule has 3 N–H and O–H groups in total. The van der Waals surface area contributed by atoms with Crippen LogP contribution in [0.5, 0.6) is 0 Å². The van der Waals surface area contributed by atoms with Crippen molar-refractivity contribution in [1.29, 1.82) is 0 Å². The maximum atomic E-state index is 11.5. The van der Waals surface area contributed by atoms with Crippen LogP contribution in [0.2, 0.25) is 0 Å². The Kier molecular flexibility index (Phi) is 13.2. The van der Waals surface area contributed by atoms with Gasteiger partial charge in [0.25, 0.3) is 0 Å². The average molecular weight is 491 g/mol. The van der Waals surface area contributed by atoms with E-state index in [9.17, 15) is 9.59 Å². The summed E-state index contributed by atoms with van der Waals surface area (Å²) >= 11 is 0. The largest absolute Gasteiger partial charge is 0.353 e. The summed E-state index contributed by atoms with van der Waals surface area (Å²) in [5.41, 5.74) is 5.35. The Morgan fingerprint density at radius 3 is 2.13 bits per heavy atom. The number of nitrogens with zero attached hydrogens (tertiary/aromatic N) is 3. The standard InChI is InChI=1S/C21H27N5O2.3ClH/c1-16(27)25-11-13-26(14-12-25)20-4-2-3-19(23-20)10-9-17-5-7-18(8-6-17)15-21(28)24-22;;;/h2-8H,9-15,22H2,1H3,(H,24,28);3*1H. The molecule has 31 heavy (non-hydrogen) atoms. The number of piperazine rings is 1. The van der Waals surface area contributed by atoms with Crippen LogP contribution < -0.4 is 16.2 Å². The lowest BCUT2D eigenvalue weighted by atomic mass is 10.0. The Hall–Kier alpha value is -2.06. The van der Waals surface area contributed by atoms with Gasteiger partial charge >= 0.3 is 0 Å². The van der Waals surface area contributed by atoms with Crippen LogP contribution in [-0.2, 0) is 28.9 Å². The summed E-state index contributed by atoms with van der Waals surface area (Å²) in [4.78, 5) is 31.7. The molecule has 1 aromatic carbocycles. The van der Waals surface area contributed by atoms with Crippen molar-refractivity contribution in [1.82, 2.24) is 15.3 Å². The summed E-state index contributed by atoms with van der Waals surface area (Å²) < 4.78 is 0. The number of pyridine rings is 1. The first kappa shape index (κ1) is 28.9. The molecule has 0 bridgehead atoms. The molecule has 0 unspecified atom stereocenters. The first-order chi connectivity index (χ1) is 13.5. The van der Waals surface area contributed by atoms with Crippen molar-refractivity contribution >= 4 is 54.9 Å². The molecule has 3 rings (SSSR count). The first-order valence-corrected chi connectivity index (χ1v) is 9.59. The van der Waals surface area contributed by atoms with Gasteiger partial charge in [-0.15, -0.1) is 37.2 Å². The molecule has 172 valence electrons. The van der Waals surface area contributed by atoms with Crippen LogP contribution in [0.4, 0.5) is 5.82 Å². The third-order valence-corrected chi connectivity index (χ3v) is 5.06. The molecule has 2 heterocycles. The summed E-state index contributed by atoms with van der Waals surface area (Å²) in [6.07, 6.45) is 2.03. The highest BCUT2D eigenvalue weighted by Crippen LogP contribution is 2.16. The Morgan fingerprint density at radius 2 is 1.55 bits per heavy atom. The maximum absolute atomic E-state index is 11.5. The Balaban J connectivity index is 0.00000300. The molecule has 0 spiro atoms. The van der Waals surface area contributed by atoms with Crippen molar-refractivity contribution < 1.29 is 9.59 Å². The molecular weight excluding hydrogens is 461 g/mol. The Labute approximate surface area is 202 Å². The number of aromatic nitrogens is 1. The second-order valence-electron chi connectivity index (χ2n) is 7.04. The molecule has 2 amide bonds. The fourth-order valence-corrected chi connectivity index (χ4v) is 3.37. The third-order valence-electron chi connectivity index (χ3n) is 5.06. The van der Waals surface area contributed by atoms with Gasteiger partial charge in [-0.1, -0.05) is 30.3 Å². The second-order valence-corrected chi connectivity index (χ2v) is 7.04. The molecule has 1 fully saturated rings. The molecule has 0 aliphatic carbocycles. The van der Waals surface area contributed by atoms with E-state index in [0.29, 0.717) is 0 Å². The van der Waals surface area contributed by atoms with Crippen LogP contribution in [0.1, 0.15) is 23.7 Å². The van der Waals surface area contributed by atoms with Gasteiger partial charge in [0, 0.05) is 38.8 Å². The van der Waals surface area contributed by atoms with Gasteiger partial charge in [0.15, 0.2) is 0 Å². The topological polar surface area (TPSA) is 91.6 Å². The van der Waals surface area contributed by atoms with E-state index in [2.05, 4.69) is 16.4 Å². The smallest absolute Gasteiger partial charge is 0.238 e. The van der Waals surface area contributed by atoms with Crippen molar-refractivity contribution in [2.75, 3.05) is 31.1 Å². The molecule has 1 aliphatic heterocycles. The third kappa shape index (κ3) is 8.53. The number of rotatable bonds is 6. The summed E-state index contributed by atoms with van der Waals surface area (Å²) in [6, 6.07) is 14.1. The van der Waals surface area contributed by atoms with Gasteiger partial charge in [0.05, 0.1) is 6.42 Å². The summed E-state index contributed by atoms with van der Waals surface area (Å²) in [5, 5.41) is 0.